The van der Waals surface area contributed by atoms with Crippen molar-refractivity contribution in [1.82, 2.24) is 20.4 Å². The number of hydrogen-bond donors (Lipinski definition) is 2. The van der Waals surface area contributed by atoms with Crippen LogP contribution in [0.1, 0.15) is 16.9 Å². The Bertz CT molecular complexity index is 1240. The van der Waals surface area contributed by atoms with Gasteiger partial charge in [0.2, 0.25) is 5.91 Å². The smallest absolute Gasteiger partial charge is 0.408 e. The summed E-state index contributed by atoms with van der Waals surface area (Å²) in [5.74, 6) is -1.49. The summed E-state index contributed by atoms with van der Waals surface area (Å²) in [6.45, 7) is 0.131. The molecule has 0 aliphatic carbocycles. The van der Waals surface area contributed by atoms with Crippen LogP contribution in [-0.4, -0.2) is 21.4 Å². The number of hydrogen-bond acceptors (Lipinski definition) is 5. The number of carbonyl (C=O) groups is 2. The van der Waals surface area contributed by atoms with Gasteiger partial charge < -0.3 is 4.42 Å². The number of nitrogens with zero attached hydrogens (tertiary/aromatic N) is 2. The lowest BCUT2D eigenvalue weighted by molar-refractivity contribution is -0.122. The minimum Gasteiger partial charge on any atom is -0.408 e. The molecule has 0 aliphatic heterocycles. The Morgan fingerprint density at radius 2 is 1.75 bits per heavy atom. The number of oxazole rings is 1. The summed E-state index contributed by atoms with van der Waals surface area (Å²) in [5.41, 5.74) is 6.62. The number of hydrazine groups is 1. The Balaban J connectivity index is 1.36. The molecule has 0 aliphatic rings. The lowest BCUT2D eigenvalue weighted by atomic mass is 10.2. The maximum atomic E-state index is 12.2. The molecule has 0 radical (unpaired) electrons. The average Bonchev–Trinajstić information content (AvgIpc) is 3.05. The molecular formula is C20H16N4O4. The Morgan fingerprint density at radius 3 is 2.64 bits per heavy atom. The van der Waals surface area contributed by atoms with E-state index in [-0.39, 0.29) is 18.7 Å². The monoisotopic (exact) mass is 376 g/mol. The first kappa shape index (κ1) is 17.5. The quantitative estimate of drug-likeness (QED) is 0.530. The third-order valence-corrected chi connectivity index (χ3v) is 4.28. The molecule has 0 saturated carbocycles. The van der Waals surface area contributed by atoms with Crippen molar-refractivity contribution in [2.45, 2.75) is 13.0 Å². The van der Waals surface area contributed by atoms with Crippen LogP contribution in [0, 0.1) is 0 Å². The molecule has 28 heavy (non-hydrogen) atoms. The largest absolute Gasteiger partial charge is 0.419 e. The van der Waals surface area contributed by atoms with Gasteiger partial charge in [-0.15, -0.1) is 0 Å². The molecule has 0 bridgehead atoms. The van der Waals surface area contributed by atoms with Crippen LogP contribution < -0.4 is 16.6 Å². The van der Waals surface area contributed by atoms with Gasteiger partial charge in [0.25, 0.3) is 5.91 Å². The van der Waals surface area contributed by atoms with Crippen molar-refractivity contribution in [2.24, 2.45) is 0 Å². The van der Waals surface area contributed by atoms with Gasteiger partial charge in [0.05, 0.1) is 11.0 Å². The van der Waals surface area contributed by atoms with Crippen molar-refractivity contribution in [1.29, 1.82) is 0 Å². The molecule has 140 valence electrons. The summed E-state index contributed by atoms with van der Waals surface area (Å²) in [5, 5.41) is 0.917. The van der Waals surface area contributed by atoms with Gasteiger partial charge in [-0.25, -0.2) is 9.78 Å². The van der Waals surface area contributed by atoms with Crippen LogP contribution in [-0.2, 0) is 11.3 Å². The van der Waals surface area contributed by atoms with Crippen LogP contribution in [0.5, 0.6) is 0 Å². The number of aryl methyl sites for hydroxylation is 1. The van der Waals surface area contributed by atoms with Gasteiger partial charge in [-0.2, -0.15) is 0 Å². The van der Waals surface area contributed by atoms with E-state index in [2.05, 4.69) is 15.8 Å². The fraction of sp³-hybridized carbons (Fsp3) is 0.100. The summed E-state index contributed by atoms with van der Waals surface area (Å²) in [4.78, 5) is 40.4. The highest BCUT2D eigenvalue weighted by molar-refractivity contribution is 5.95. The predicted octanol–water partition coefficient (Wildman–Crippen LogP) is 1.99. The van der Waals surface area contributed by atoms with E-state index in [0.29, 0.717) is 16.6 Å². The van der Waals surface area contributed by atoms with Gasteiger partial charge in [0.1, 0.15) is 5.69 Å². The summed E-state index contributed by atoms with van der Waals surface area (Å²) in [6, 6.07) is 17.8. The molecule has 8 nitrogen and oxygen atoms in total. The van der Waals surface area contributed by atoms with Gasteiger partial charge in [0.15, 0.2) is 5.58 Å². The van der Waals surface area contributed by atoms with Crippen molar-refractivity contribution in [3.8, 4) is 0 Å². The van der Waals surface area contributed by atoms with Crippen LogP contribution >= 0.6 is 0 Å². The second-order valence-corrected chi connectivity index (χ2v) is 6.13. The molecule has 0 unspecified atom stereocenters. The zero-order valence-electron chi connectivity index (χ0n) is 14.7. The third-order valence-electron chi connectivity index (χ3n) is 4.28. The maximum absolute atomic E-state index is 12.2. The Morgan fingerprint density at radius 1 is 0.964 bits per heavy atom. The van der Waals surface area contributed by atoms with Gasteiger partial charge in [-0.3, -0.25) is 25.0 Å². The van der Waals surface area contributed by atoms with E-state index in [1.54, 1.807) is 42.5 Å². The first-order chi connectivity index (χ1) is 13.6. The normalized spacial score (nSPS) is 10.9. The van der Waals surface area contributed by atoms with Crippen molar-refractivity contribution in [2.75, 3.05) is 0 Å². The number of fused-ring (bicyclic) bond motifs is 2. The molecule has 0 spiro atoms. The van der Waals surface area contributed by atoms with Crippen LogP contribution in [0.4, 0.5) is 0 Å². The van der Waals surface area contributed by atoms with Crippen molar-refractivity contribution in [3.05, 3.63) is 76.9 Å². The van der Waals surface area contributed by atoms with E-state index >= 15 is 0 Å². The first-order valence-electron chi connectivity index (χ1n) is 8.65. The number of amides is 2. The van der Waals surface area contributed by atoms with Crippen molar-refractivity contribution < 1.29 is 14.0 Å². The summed E-state index contributed by atoms with van der Waals surface area (Å²) >= 11 is 0. The van der Waals surface area contributed by atoms with Gasteiger partial charge in [-0.1, -0.05) is 36.4 Å². The van der Waals surface area contributed by atoms with E-state index < -0.39 is 17.6 Å². The average molecular weight is 376 g/mol. The highest BCUT2D eigenvalue weighted by Crippen LogP contribution is 2.12. The topological polar surface area (TPSA) is 106 Å². The molecule has 0 atom stereocenters. The number of aromatic nitrogens is 2. The zero-order chi connectivity index (χ0) is 19.5. The van der Waals surface area contributed by atoms with E-state index in [4.69, 9.17) is 4.42 Å². The molecule has 2 heterocycles. The Kier molecular flexibility index (Phi) is 4.59. The Hall–Kier alpha value is -3.94. The minimum absolute atomic E-state index is 0.00510. The molecule has 0 saturated heterocycles. The molecule has 8 heteroatoms. The molecule has 2 amide bonds. The highest BCUT2D eigenvalue weighted by atomic mass is 16.4. The lowest BCUT2D eigenvalue weighted by Crippen LogP contribution is -2.42. The fourth-order valence-corrected chi connectivity index (χ4v) is 2.88. The number of pyridine rings is 1. The number of benzene rings is 2. The summed E-state index contributed by atoms with van der Waals surface area (Å²) in [7, 11) is 0. The van der Waals surface area contributed by atoms with Crippen LogP contribution in [0.25, 0.3) is 22.0 Å². The number of nitrogens with one attached hydrogen (secondary N) is 2. The maximum Gasteiger partial charge on any atom is 0.419 e. The number of para-hydroxylation sites is 3. The van der Waals surface area contributed by atoms with Gasteiger partial charge in [-0.05, 0) is 24.3 Å². The van der Waals surface area contributed by atoms with Crippen molar-refractivity contribution >= 4 is 33.8 Å². The molecule has 0 fully saturated rings. The van der Waals surface area contributed by atoms with E-state index in [0.717, 1.165) is 5.39 Å². The van der Waals surface area contributed by atoms with E-state index in [1.165, 1.54) is 4.57 Å². The van der Waals surface area contributed by atoms with Gasteiger partial charge in [0, 0.05) is 18.4 Å². The second kappa shape index (κ2) is 7.36. The fourth-order valence-electron chi connectivity index (χ4n) is 2.88. The summed E-state index contributed by atoms with van der Waals surface area (Å²) < 4.78 is 6.50. The molecule has 2 aromatic heterocycles. The Labute approximate surface area is 158 Å². The molecule has 4 aromatic rings. The van der Waals surface area contributed by atoms with Crippen LogP contribution in [0.3, 0.4) is 0 Å². The lowest BCUT2D eigenvalue weighted by Gasteiger charge is -2.08. The summed E-state index contributed by atoms with van der Waals surface area (Å²) in [6.07, 6.45) is -0.00510. The van der Waals surface area contributed by atoms with Crippen LogP contribution in [0.2, 0.25) is 0 Å². The second-order valence-electron chi connectivity index (χ2n) is 6.13. The predicted molar refractivity (Wildman–Crippen MR) is 102 cm³/mol. The SMILES string of the molecule is O=C(CCn1c(=O)oc2ccccc21)NNC(=O)c1ccc2ccccc2n1. The van der Waals surface area contributed by atoms with Crippen LogP contribution in [0.15, 0.2) is 69.9 Å². The van der Waals surface area contributed by atoms with E-state index in [1.807, 2.05) is 18.2 Å². The van der Waals surface area contributed by atoms with E-state index in [9.17, 15) is 14.4 Å². The minimum atomic E-state index is -0.529. The number of rotatable bonds is 4. The molecule has 4 rings (SSSR count). The molecular weight excluding hydrogens is 360 g/mol. The number of carbonyl (C=O) groups excluding carboxylic acids is 2. The molecule has 2 aromatic carbocycles. The third kappa shape index (κ3) is 3.48. The standard InChI is InChI=1S/C20H16N4O4/c25-18(11-12-24-16-7-3-4-8-17(16)28-20(24)27)22-23-19(26)15-10-9-13-5-1-2-6-14(13)21-15/h1-10H,11-12H2,(H,22,25)(H,23,26). The molecule has 2 N–H and O–H groups in total. The van der Waals surface area contributed by atoms with Crippen molar-refractivity contribution in [3.63, 3.8) is 0 Å². The van der Waals surface area contributed by atoms with Gasteiger partial charge >= 0.3 is 5.76 Å². The first-order valence-corrected chi connectivity index (χ1v) is 8.65. The highest BCUT2D eigenvalue weighted by Gasteiger charge is 2.12. The zero-order valence-corrected chi connectivity index (χ0v) is 14.7.